The van der Waals surface area contributed by atoms with Gasteiger partial charge in [0.1, 0.15) is 11.8 Å². The Morgan fingerprint density at radius 3 is 2.56 bits per heavy atom. The molecule has 0 aromatic heterocycles. The van der Waals surface area contributed by atoms with Crippen molar-refractivity contribution in [2.75, 3.05) is 18.1 Å². The SMILES string of the molecule is CCS(=O)(=O)CC(=O)N1CCC[C@@H]1C(=O)O. The molecule has 1 rings (SSSR count). The maximum absolute atomic E-state index is 11.6. The number of carbonyl (C=O) groups excluding carboxylic acids is 1. The monoisotopic (exact) mass is 249 g/mol. The van der Waals surface area contributed by atoms with Gasteiger partial charge in [-0.3, -0.25) is 4.79 Å². The van der Waals surface area contributed by atoms with Crippen molar-refractivity contribution >= 4 is 21.7 Å². The van der Waals surface area contributed by atoms with E-state index in [1.165, 1.54) is 6.92 Å². The number of amides is 1. The molecule has 1 atom stereocenters. The zero-order valence-electron chi connectivity index (χ0n) is 9.05. The molecule has 6 nitrogen and oxygen atoms in total. The Bertz CT molecular complexity index is 389. The molecule has 0 saturated carbocycles. The first-order valence-corrected chi connectivity index (χ1v) is 6.92. The van der Waals surface area contributed by atoms with Crippen molar-refractivity contribution in [1.82, 2.24) is 4.90 Å². The van der Waals surface area contributed by atoms with E-state index in [1.807, 2.05) is 0 Å². The highest BCUT2D eigenvalue weighted by atomic mass is 32.2. The van der Waals surface area contributed by atoms with Crippen LogP contribution in [0.15, 0.2) is 0 Å². The van der Waals surface area contributed by atoms with E-state index in [0.29, 0.717) is 19.4 Å². The largest absolute Gasteiger partial charge is 0.480 e. The molecule has 7 heteroatoms. The zero-order valence-corrected chi connectivity index (χ0v) is 9.87. The van der Waals surface area contributed by atoms with E-state index in [9.17, 15) is 18.0 Å². The third-order valence-corrected chi connectivity index (χ3v) is 4.21. The van der Waals surface area contributed by atoms with Crippen molar-refractivity contribution in [1.29, 1.82) is 0 Å². The minimum atomic E-state index is -3.39. The van der Waals surface area contributed by atoms with Crippen LogP contribution < -0.4 is 0 Å². The van der Waals surface area contributed by atoms with Gasteiger partial charge in [-0.05, 0) is 12.8 Å². The summed E-state index contributed by atoms with van der Waals surface area (Å²) < 4.78 is 22.5. The summed E-state index contributed by atoms with van der Waals surface area (Å²) in [6.07, 6.45) is 1.00. The van der Waals surface area contributed by atoms with E-state index < -0.39 is 33.5 Å². The Hall–Kier alpha value is -1.11. The normalized spacial score (nSPS) is 21.1. The number of carboxylic acid groups (broad SMARTS) is 1. The molecule has 1 aliphatic heterocycles. The molecular formula is C9H15NO5S. The third kappa shape index (κ3) is 2.94. The van der Waals surface area contributed by atoms with Gasteiger partial charge in [-0.2, -0.15) is 0 Å². The maximum Gasteiger partial charge on any atom is 0.326 e. The molecule has 1 aliphatic rings. The average Bonchev–Trinajstić information content (AvgIpc) is 2.65. The predicted molar refractivity (Wildman–Crippen MR) is 56.7 cm³/mol. The first kappa shape index (κ1) is 13.0. The van der Waals surface area contributed by atoms with Crippen LogP contribution in [0.4, 0.5) is 0 Å². The second kappa shape index (κ2) is 4.82. The molecule has 1 saturated heterocycles. The molecule has 0 aromatic rings. The molecule has 0 radical (unpaired) electrons. The van der Waals surface area contributed by atoms with Crippen LogP contribution in [0.3, 0.4) is 0 Å². The van der Waals surface area contributed by atoms with E-state index in [1.54, 1.807) is 0 Å². The summed E-state index contributed by atoms with van der Waals surface area (Å²) in [5, 5.41) is 8.84. The van der Waals surface area contributed by atoms with Gasteiger partial charge in [-0.25, -0.2) is 13.2 Å². The lowest BCUT2D eigenvalue weighted by atomic mass is 10.2. The van der Waals surface area contributed by atoms with Crippen LogP contribution in [0.5, 0.6) is 0 Å². The van der Waals surface area contributed by atoms with Crippen molar-refractivity contribution in [2.24, 2.45) is 0 Å². The van der Waals surface area contributed by atoms with Gasteiger partial charge in [-0.1, -0.05) is 6.92 Å². The zero-order chi connectivity index (χ0) is 12.3. The Labute approximate surface area is 94.2 Å². The highest BCUT2D eigenvalue weighted by molar-refractivity contribution is 7.92. The van der Waals surface area contributed by atoms with Crippen molar-refractivity contribution in [3.63, 3.8) is 0 Å². The fraction of sp³-hybridized carbons (Fsp3) is 0.778. The first-order valence-electron chi connectivity index (χ1n) is 5.10. The summed E-state index contributed by atoms with van der Waals surface area (Å²) in [5.41, 5.74) is 0. The number of hydrogen-bond acceptors (Lipinski definition) is 4. The van der Waals surface area contributed by atoms with Crippen LogP contribution in [-0.4, -0.2) is 54.4 Å². The number of nitrogens with zero attached hydrogens (tertiary/aromatic N) is 1. The van der Waals surface area contributed by atoms with E-state index in [2.05, 4.69) is 0 Å². The molecule has 0 spiro atoms. The molecule has 1 N–H and O–H groups in total. The molecule has 1 heterocycles. The van der Waals surface area contributed by atoms with Gasteiger partial charge in [0, 0.05) is 12.3 Å². The van der Waals surface area contributed by atoms with Crippen LogP contribution in [0, 0.1) is 0 Å². The van der Waals surface area contributed by atoms with Crippen molar-refractivity contribution in [3.05, 3.63) is 0 Å². The van der Waals surface area contributed by atoms with Crippen LogP contribution in [0.1, 0.15) is 19.8 Å². The van der Waals surface area contributed by atoms with E-state index in [4.69, 9.17) is 5.11 Å². The van der Waals surface area contributed by atoms with Gasteiger partial charge in [0.05, 0.1) is 0 Å². The topological polar surface area (TPSA) is 91.8 Å². The summed E-state index contributed by atoms with van der Waals surface area (Å²) >= 11 is 0. The van der Waals surface area contributed by atoms with Crippen LogP contribution in [0.25, 0.3) is 0 Å². The molecule has 0 aromatic carbocycles. The second-order valence-electron chi connectivity index (χ2n) is 3.76. The van der Waals surface area contributed by atoms with Crippen molar-refractivity contribution < 1.29 is 23.1 Å². The first-order chi connectivity index (χ1) is 7.37. The minimum Gasteiger partial charge on any atom is -0.480 e. The lowest BCUT2D eigenvalue weighted by Gasteiger charge is -2.21. The summed E-state index contributed by atoms with van der Waals surface area (Å²) in [7, 11) is -3.39. The average molecular weight is 249 g/mol. The van der Waals surface area contributed by atoms with Crippen LogP contribution >= 0.6 is 0 Å². The van der Waals surface area contributed by atoms with E-state index >= 15 is 0 Å². The molecule has 0 aliphatic carbocycles. The molecule has 0 unspecified atom stereocenters. The highest BCUT2D eigenvalue weighted by Gasteiger charge is 2.35. The fourth-order valence-electron chi connectivity index (χ4n) is 1.70. The van der Waals surface area contributed by atoms with Crippen LogP contribution in [-0.2, 0) is 19.4 Å². The number of carbonyl (C=O) groups is 2. The lowest BCUT2D eigenvalue weighted by Crippen LogP contribution is -2.43. The van der Waals surface area contributed by atoms with Gasteiger partial charge < -0.3 is 10.0 Å². The van der Waals surface area contributed by atoms with E-state index in [-0.39, 0.29) is 5.75 Å². The van der Waals surface area contributed by atoms with Gasteiger partial charge in [0.2, 0.25) is 5.91 Å². The summed E-state index contributed by atoms with van der Waals surface area (Å²) in [5.74, 6) is -2.37. The molecule has 1 fully saturated rings. The molecule has 92 valence electrons. The lowest BCUT2D eigenvalue weighted by molar-refractivity contribution is -0.147. The highest BCUT2D eigenvalue weighted by Crippen LogP contribution is 2.17. The van der Waals surface area contributed by atoms with Crippen molar-refractivity contribution in [2.45, 2.75) is 25.8 Å². The number of hydrogen-bond donors (Lipinski definition) is 1. The Morgan fingerprint density at radius 2 is 2.06 bits per heavy atom. The van der Waals surface area contributed by atoms with Crippen LogP contribution in [0.2, 0.25) is 0 Å². The van der Waals surface area contributed by atoms with E-state index in [0.717, 1.165) is 4.90 Å². The number of aliphatic carboxylic acids is 1. The molecule has 1 amide bonds. The standard InChI is InChI=1S/C9H15NO5S/c1-2-16(14,15)6-8(11)10-5-3-4-7(10)9(12)13/h7H,2-6H2,1H3,(H,12,13)/t7-/m1/s1. The molecule has 0 bridgehead atoms. The second-order valence-corrected chi connectivity index (χ2v) is 6.11. The Kier molecular flexibility index (Phi) is 3.90. The van der Waals surface area contributed by atoms with Gasteiger partial charge in [0.15, 0.2) is 9.84 Å². The summed E-state index contributed by atoms with van der Waals surface area (Å²) in [6.45, 7) is 1.79. The Balaban J connectivity index is 2.71. The predicted octanol–water partition coefficient (Wildman–Crippen LogP) is -0.503. The minimum absolute atomic E-state index is 0.107. The van der Waals surface area contributed by atoms with Crippen molar-refractivity contribution in [3.8, 4) is 0 Å². The fourth-order valence-corrected chi connectivity index (χ4v) is 2.44. The molecule has 16 heavy (non-hydrogen) atoms. The molecular weight excluding hydrogens is 234 g/mol. The smallest absolute Gasteiger partial charge is 0.326 e. The number of sulfone groups is 1. The van der Waals surface area contributed by atoms with Gasteiger partial charge >= 0.3 is 5.97 Å². The maximum atomic E-state index is 11.6. The number of carboxylic acids is 1. The number of likely N-dealkylation sites (tertiary alicyclic amines) is 1. The summed E-state index contributed by atoms with van der Waals surface area (Å²) in [6, 6.07) is -0.862. The third-order valence-electron chi connectivity index (χ3n) is 2.64. The summed E-state index contributed by atoms with van der Waals surface area (Å²) in [4.78, 5) is 23.6. The number of rotatable bonds is 4. The van der Waals surface area contributed by atoms with Gasteiger partial charge in [-0.15, -0.1) is 0 Å². The van der Waals surface area contributed by atoms with Gasteiger partial charge in [0.25, 0.3) is 0 Å². The Morgan fingerprint density at radius 1 is 1.44 bits per heavy atom. The quantitative estimate of drug-likeness (QED) is 0.725.